The minimum atomic E-state index is -1.38. The van der Waals surface area contributed by atoms with E-state index in [0.29, 0.717) is 0 Å². The van der Waals surface area contributed by atoms with E-state index in [1.807, 2.05) is 0 Å². The summed E-state index contributed by atoms with van der Waals surface area (Å²) in [5, 5.41) is 3.03. The lowest BCUT2D eigenvalue weighted by atomic mass is 9.80. The molecule has 134 valence electrons. The molecular formula is C18H21FN2O4. The van der Waals surface area contributed by atoms with Crippen LogP contribution in [0.4, 0.5) is 4.39 Å². The molecule has 7 heteroatoms. The lowest BCUT2D eigenvalue weighted by Gasteiger charge is -2.28. The largest absolute Gasteiger partial charge is 0.465 e. The molecule has 4 atom stereocenters. The maximum absolute atomic E-state index is 14.3. The molecule has 2 amide bonds. The number of hydrogen-bond acceptors (Lipinski definition) is 5. The summed E-state index contributed by atoms with van der Waals surface area (Å²) in [7, 11) is 0. The van der Waals surface area contributed by atoms with Crippen molar-refractivity contribution in [2.75, 3.05) is 13.2 Å². The molecule has 2 heterocycles. The number of carbonyl (C=O) groups is 3. The third-order valence-electron chi connectivity index (χ3n) is 5.13. The minimum Gasteiger partial charge on any atom is -0.465 e. The molecule has 2 fully saturated rings. The van der Waals surface area contributed by atoms with Gasteiger partial charge >= 0.3 is 5.97 Å². The summed E-state index contributed by atoms with van der Waals surface area (Å²) < 4.78 is 19.5. The van der Waals surface area contributed by atoms with Gasteiger partial charge in [0.05, 0.1) is 18.4 Å². The Bertz CT molecular complexity index is 738. The van der Waals surface area contributed by atoms with Crippen LogP contribution in [0, 0.1) is 17.7 Å². The average Bonchev–Trinajstić information content (AvgIpc) is 3.03. The molecule has 1 N–H and O–H groups in total. The third kappa shape index (κ3) is 2.45. The van der Waals surface area contributed by atoms with E-state index in [1.165, 1.54) is 6.07 Å². The third-order valence-corrected chi connectivity index (χ3v) is 5.13. The quantitative estimate of drug-likeness (QED) is 0.658. The van der Waals surface area contributed by atoms with Crippen molar-refractivity contribution in [1.29, 1.82) is 0 Å². The summed E-state index contributed by atoms with van der Waals surface area (Å²) in [6.45, 7) is 5.28. The maximum atomic E-state index is 14.3. The number of imide groups is 1. The van der Waals surface area contributed by atoms with Gasteiger partial charge in [-0.1, -0.05) is 18.2 Å². The zero-order valence-electron chi connectivity index (χ0n) is 14.4. The summed E-state index contributed by atoms with van der Waals surface area (Å²) in [6, 6.07) is 5.30. The van der Waals surface area contributed by atoms with Crippen molar-refractivity contribution in [1.82, 2.24) is 10.2 Å². The van der Waals surface area contributed by atoms with Crippen LogP contribution in [-0.2, 0) is 19.1 Å². The minimum absolute atomic E-state index is 0.150. The smallest absolute Gasteiger partial charge is 0.326 e. The molecule has 1 aromatic carbocycles. The number of ether oxygens (including phenoxy) is 1. The molecule has 0 aromatic heterocycles. The highest BCUT2D eigenvalue weighted by atomic mass is 19.1. The molecule has 2 aliphatic rings. The molecule has 0 unspecified atom stereocenters. The Labute approximate surface area is 145 Å². The number of nitrogens with one attached hydrogen (secondary N) is 1. The number of carbonyl (C=O) groups excluding carboxylic acids is 3. The van der Waals surface area contributed by atoms with Crippen molar-refractivity contribution in [3.8, 4) is 0 Å². The van der Waals surface area contributed by atoms with Crippen molar-refractivity contribution in [2.24, 2.45) is 11.8 Å². The monoisotopic (exact) mass is 348 g/mol. The van der Waals surface area contributed by atoms with Crippen molar-refractivity contribution in [3.05, 3.63) is 35.6 Å². The first-order valence-electron chi connectivity index (χ1n) is 8.41. The molecular weight excluding hydrogens is 327 g/mol. The fraction of sp³-hybridized carbons (Fsp3) is 0.500. The van der Waals surface area contributed by atoms with Crippen molar-refractivity contribution in [2.45, 2.75) is 32.4 Å². The highest BCUT2D eigenvalue weighted by Crippen LogP contribution is 2.49. The van der Waals surface area contributed by atoms with E-state index in [2.05, 4.69) is 5.32 Å². The summed E-state index contributed by atoms with van der Waals surface area (Å²) >= 11 is 0. The Balaban J connectivity index is 2.11. The second kappa shape index (κ2) is 6.22. The Kier molecular flexibility index (Phi) is 4.36. The summed E-state index contributed by atoms with van der Waals surface area (Å²) in [4.78, 5) is 39.3. The number of benzene rings is 1. The Hall–Kier alpha value is -2.28. The van der Waals surface area contributed by atoms with E-state index in [0.717, 1.165) is 4.90 Å². The highest BCUT2D eigenvalue weighted by molar-refractivity contribution is 6.09. The predicted octanol–water partition coefficient (Wildman–Crippen LogP) is 1.41. The average molecular weight is 348 g/mol. The van der Waals surface area contributed by atoms with Crippen LogP contribution in [0.15, 0.2) is 24.3 Å². The van der Waals surface area contributed by atoms with E-state index < -0.39 is 41.1 Å². The van der Waals surface area contributed by atoms with Crippen LogP contribution in [0.1, 0.15) is 32.4 Å². The standard InChI is InChI=1S/C18H21FN2O4/c1-4-21-15(22)12-13(16(21)23)18(3,17(24)25-5-2)20-14(12)10-8-6-7-9-11(10)19/h6-9,12-14,20H,4-5H2,1-3H3/t12-,13+,14-,18+/m0/s1. The van der Waals surface area contributed by atoms with Gasteiger partial charge in [-0.25, -0.2) is 4.39 Å². The van der Waals surface area contributed by atoms with E-state index in [4.69, 9.17) is 4.74 Å². The van der Waals surface area contributed by atoms with Crippen LogP contribution in [0.25, 0.3) is 0 Å². The molecule has 0 aliphatic carbocycles. The lowest BCUT2D eigenvalue weighted by Crippen LogP contribution is -2.54. The fourth-order valence-electron chi connectivity index (χ4n) is 3.97. The number of nitrogens with zero attached hydrogens (tertiary/aromatic N) is 1. The number of fused-ring (bicyclic) bond motifs is 1. The Morgan fingerprint density at radius 2 is 1.96 bits per heavy atom. The van der Waals surface area contributed by atoms with Gasteiger partial charge in [0.1, 0.15) is 11.4 Å². The first-order chi connectivity index (χ1) is 11.9. The highest BCUT2D eigenvalue weighted by Gasteiger charge is 2.66. The molecule has 1 aromatic rings. The van der Waals surface area contributed by atoms with Crippen molar-refractivity contribution >= 4 is 17.8 Å². The topological polar surface area (TPSA) is 75.7 Å². The van der Waals surface area contributed by atoms with E-state index in [1.54, 1.807) is 39.0 Å². The molecule has 0 radical (unpaired) electrons. The molecule has 6 nitrogen and oxygen atoms in total. The first-order valence-corrected chi connectivity index (χ1v) is 8.41. The van der Waals surface area contributed by atoms with Gasteiger partial charge in [0.25, 0.3) is 0 Å². The summed E-state index contributed by atoms with van der Waals surface area (Å²) in [6.07, 6.45) is 0. The van der Waals surface area contributed by atoms with Gasteiger partial charge < -0.3 is 4.74 Å². The number of amides is 2. The van der Waals surface area contributed by atoms with E-state index in [-0.39, 0.29) is 24.6 Å². The van der Waals surface area contributed by atoms with Crippen molar-refractivity contribution in [3.63, 3.8) is 0 Å². The number of rotatable bonds is 4. The normalized spacial score (nSPS) is 31.4. The first kappa shape index (κ1) is 17.5. The van der Waals surface area contributed by atoms with Crippen LogP contribution in [0.2, 0.25) is 0 Å². The van der Waals surface area contributed by atoms with Crippen LogP contribution in [-0.4, -0.2) is 41.4 Å². The Morgan fingerprint density at radius 1 is 1.28 bits per heavy atom. The van der Waals surface area contributed by atoms with Gasteiger partial charge in [0.2, 0.25) is 11.8 Å². The molecule has 0 spiro atoms. The molecule has 0 saturated carbocycles. The zero-order valence-corrected chi connectivity index (χ0v) is 14.4. The molecule has 2 aliphatic heterocycles. The van der Waals surface area contributed by atoms with Crippen LogP contribution in [0.3, 0.4) is 0 Å². The van der Waals surface area contributed by atoms with E-state index >= 15 is 0 Å². The van der Waals surface area contributed by atoms with Crippen LogP contribution < -0.4 is 5.32 Å². The molecule has 2 saturated heterocycles. The van der Waals surface area contributed by atoms with Crippen molar-refractivity contribution < 1.29 is 23.5 Å². The van der Waals surface area contributed by atoms with E-state index in [9.17, 15) is 18.8 Å². The summed E-state index contributed by atoms with van der Waals surface area (Å²) in [5.41, 5.74) is -1.12. The van der Waals surface area contributed by atoms with Gasteiger partial charge in [0.15, 0.2) is 0 Å². The zero-order chi connectivity index (χ0) is 18.4. The molecule has 25 heavy (non-hydrogen) atoms. The number of esters is 1. The SMILES string of the molecule is CCOC(=O)[C@]1(C)N[C@@H](c2ccccc2F)[C@H]2C(=O)N(CC)C(=O)[C@@H]21. The summed E-state index contributed by atoms with van der Waals surface area (Å²) in [5.74, 6) is -3.64. The van der Waals surface area contributed by atoms with Crippen LogP contribution >= 0.6 is 0 Å². The Morgan fingerprint density at radius 3 is 2.56 bits per heavy atom. The molecule has 0 bridgehead atoms. The second-order valence-corrected chi connectivity index (χ2v) is 6.49. The number of halogens is 1. The maximum Gasteiger partial charge on any atom is 0.326 e. The number of hydrogen-bond donors (Lipinski definition) is 1. The number of likely N-dealkylation sites (tertiary alicyclic amines) is 1. The van der Waals surface area contributed by atoms with Gasteiger partial charge in [-0.05, 0) is 26.8 Å². The predicted molar refractivity (Wildman–Crippen MR) is 86.7 cm³/mol. The van der Waals surface area contributed by atoms with Gasteiger partial charge in [-0.2, -0.15) is 0 Å². The van der Waals surface area contributed by atoms with Gasteiger partial charge in [-0.15, -0.1) is 0 Å². The fourth-order valence-corrected chi connectivity index (χ4v) is 3.97. The lowest BCUT2D eigenvalue weighted by molar-refractivity contribution is -0.155. The van der Waals surface area contributed by atoms with Crippen LogP contribution in [0.5, 0.6) is 0 Å². The van der Waals surface area contributed by atoms with Gasteiger partial charge in [0, 0.05) is 18.2 Å². The molecule has 3 rings (SSSR count). The van der Waals surface area contributed by atoms with Gasteiger partial charge in [-0.3, -0.25) is 24.6 Å². The second-order valence-electron chi connectivity index (χ2n) is 6.49.